The summed E-state index contributed by atoms with van der Waals surface area (Å²) in [7, 11) is 0. The smallest absolute Gasteiger partial charge is 0.231 e. The average Bonchev–Trinajstić information content (AvgIpc) is 3.33. The first-order valence-corrected chi connectivity index (χ1v) is 9.44. The molecular formula is C20H16N4O2S. The Balaban J connectivity index is 1.50. The summed E-state index contributed by atoms with van der Waals surface area (Å²) in [6, 6.07) is 9.81. The van der Waals surface area contributed by atoms with Crippen molar-refractivity contribution in [1.82, 2.24) is 15.0 Å². The van der Waals surface area contributed by atoms with E-state index in [1.54, 1.807) is 23.7 Å². The van der Waals surface area contributed by atoms with Crippen molar-refractivity contribution >= 4 is 27.4 Å². The molecule has 4 heterocycles. The number of nitrogens with one attached hydrogen (secondary N) is 1. The fourth-order valence-electron chi connectivity index (χ4n) is 3.08. The Morgan fingerprint density at radius 3 is 2.81 bits per heavy atom. The van der Waals surface area contributed by atoms with Crippen molar-refractivity contribution < 1.29 is 9.47 Å². The molecule has 27 heavy (non-hydrogen) atoms. The van der Waals surface area contributed by atoms with E-state index in [4.69, 9.17) is 19.4 Å². The van der Waals surface area contributed by atoms with Gasteiger partial charge in [0.2, 0.25) is 6.79 Å². The maximum Gasteiger partial charge on any atom is 0.231 e. The van der Waals surface area contributed by atoms with Crippen LogP contribution in [0.15, 0.2) is 48.1 Å². The minimum atomic E-state index is 0.280. The lowest BCUT2D eigenvalue weighted by molar-refractivity contribution is 0.174. The molecule has 4 aromatic rings. The van der Waals surface area contributed by atoms with Gasteiger partial charge in [-0.1, -0.05) is 6.07 Å². The number of ether oxygens (including phenoxy) is 2. The van der Waals surface area contributed by atoms with Crippen molar-refractivity contribution in [1.29, 1.82) is 0 Å². The van der Waals surface area contributed by atoms with Crippen molar-refractivity contribution in [3.8, 4) is 22.9 Å². The molecule has 0 atom stereocenters. The minimum Gasteiger partial charge on any atom is -0.454 e. The summed E-state index contributed by atoms with van der Waals surface area (Å²) < 4.78 is 10.8. The highest BCUT2D eigenvalue weighted by atomic mass is 32.1. The van der Waals surface area contributed by atoms with Gasteiger partial charge >= 0.3 is 0 Å². The molecule has 3 aromatic heterocycles. The fraction of sp³-hybridized carbons (Fsp3) is 0.150. The van der Waals surface area contributed by atoms with Gasteiger partial charge in [0.05, 0.1) is 5.39 Å². The first kappa shape index (κ1) is 16.0. The highest BCUT2D eigenvalue weighted by Crippen LogP contribution is 2.34. The Hall–Kier alpha value is -3.19. The quantitative estimate of drug-likeness (QED) is 0.569. The molecule has 1 aliphatic heterocycles. The molecule has 134 valence electrons. The van der Waals surface area contributed by atoms with E-state index in [0.717, 1.165) is 38.7 Å². The number of aryl methyl sites for hydroxylation is 1. The van der Waals surface area contributed by atoms with Crippen LogP contribution in [0.4, 0.5) is 5.82 Å². The summed E-state index contributed by atoms with van der Waals surface area (Å²) in [6.07, 6.45) is 3.50. The molecule has 1 aliphatic rings. The van der Waals surface area contributed by atoms with E-state index in [1.807, 2.05) is 30.3 Å². The van der Waals surface area contributed by atoms with Crippen molar-refractivity contribution in [3.63, 3.8) is 0 Å². The molecule has 0 saturated heterocycles. The zero-order valence-corrected chi connectivity index (χ0v) is 15.4. The average molecular weight is 376 g/mol. The lowest BCUT2D eigenvalue weighted by atomic mass is 10.2. The maximum atomic E-state index is 5.47. The summed E-state index contributed by atoms with van der Waals surface area (Å²) in [5.74, 6) is 3.10. The van der Waals surface area contributed by atoms with Gasteiger partial charge in [-0.3, -0.25) is 4.98 Å². The second kappa shape index (κ2) is 6.51. The van der Waals surface area contributed by atoms with E-state index in [0.29, 0.717) is 12.4 Å². The number of hydrogen-bond acceptors (Lipinski definition) is 7. The van der Waals surface area contributed by atoms with Gasteiger partial charge in [-0.2, -0.15) is 0 Å². The highest BCUT2D eigenvalue weighted by Gasteiger charge is 2.15. The van der Waals surface area contributed by atoms with Gasteiger partial charge in [0.1, 0.15) is 10.6 Å². The van der Waals surface area contributed by atoms with Gasteiger partial charge in [0.25, 0.3) is 0 Å². The van der Waals surface area contributed by atoms with Gasteiger partial charge < -0.3 is 14.8 Å². The standard InChI is InChI=1S/C20H16N4O2S/c1-12-10-27-20-17(12)19(23-18(24-20)14-4-6-21-7-5-14)22-9-13-2-3-15-16(8-13)26-11-25-15/h2-8,10H,9,11H2,1H3,(H,22,23,24). The molecule has 1 N–H and O–H groups in total. The molecule has 0 bridgehead atoms. The number of aromatic nitrogens is 3. The van der Waals surface area contributed by atoms with Gasteiger partial charge in [0, 0.05) is 24.5 Å². The molecule has 0 spiro atoms. The number of thiophene rings is 1. The highest BCUT2D eigenvalue weighted by molar-refractivity contribution is 7.17. The van der Waals surface area contributed by atoms with Crippen LogP contribution in [0.3, 0.4) is 0 Å². The molecule has 6 nitrogen and oxygen atoms in total. The normalized spacial score (nSPS) is 12.5. The minimum absolute atomic E-state index is 0.280. The third kappa shape index (κ3) is 2.96. The van der Waals surface area contributed by atoms with Crippen LogP contribution in [0.2, 0.25) is 0 Å². The molecule has 0 amide bonds. The number of nitrogens with zero attached hydrogens (tertiary/aromatic N) is 3. The molecule has 0 aliphatic carbocycles. The number of rotatable bonds is 4. The molecule has 0 radical (unpaired) electrons. The zero-order chi connectivity index (χ0) is 18.2. The first-order valence-electron chi connectivity index (χ1n) is 8.56. The van der Waals surface area contributed by atoms with E-state index in [9.17, 15) is 0 Å². The molecule has 0 saturated carbocycles. The molecule has 1 aromatic carbocycles. The fourth-order valence-corrected chi connectivity index (χ4v) is 4.00. The summed E-state index contributed by atoms with van der Waals surface area (Å²) >= 11 is 1.63. The van der Waals surface area contributed by atoms with Crippen LogP contribution < -0.4 is 14.8 Å². The molecule has 7 heteroatoms. The number of hydrogen-bond donors (Lipinski definition) is 1. The summed E-state index contributed by atoms with van der Waals surface area (Å²) in [6.45, 7) is 3.00. The van der Waals surface area contributed by atoms with Crippen LogP contribution in [-0.2, 0) is 6.54 Å². The summed E-state index contributed by atoms with van der Waals surface area (Å²) in [5, 5.41) is 6.66. The predicted molar refractivity (Wildman–Crippen MR) is 105 cm³/mol. The van der Waals surface area contributed by atoms with Crippen molar-refractivity contribution in [2.75, 3.05) is 12.1 Å². The second-order valence-corrected chi connectivity index (χ2v) is 7.13. The Bertz CT molecular complexity index is 1130. The third-order valence-corrected chi connectivity index (χ3v) is 5.44. The largest absolute Gasteiger partial charge is 0.454 e. The van der Waals surface area contributed by atoms with Crippen molar-refractivity contribution in [3.05, 3.63) is 59.2 Å². The number of anilines is 1. The van der Waals surface area contributed by atoms with E-state index >= 15 is 0 Å². The van der Waals surface area contributed by atoms with Crippen molar-refractivity contribution in [2.24, 2.45) is 0 Å². The second-order valence-electron chi connectivity index (χ2n) is 6.27. The van der Waals surface area contributed by atoms with Crippen LogP contribution in [-0.4, -0.2) is 21.7 Å². The van der Waals surface area contributed by atoms with Gasteiger partial charge in [-0.05, 0) is 47.7 Å². The Morgan fingerprint density at radius 1 is 1.07 bits per heavy atom. The first-order chi connectivity index (χ1) is 13.3. The van der Waals surface area contributed by atoms with Gasteiger partial charge in [0.15, 0.2) is 17.3 Å². The number of fused-ring (bicyclic) bond motifs is 2. The van der Waals surface area contributed by atoms with E-state index < -0.39 is 0 Å². The topological polar surface area (TPSA) is 69.2 Å². The molecular weight excluding hydrogens is 360 g/mol. The molecule has 5 rings (SSSR count). The summed E-state index contributed by atoms with van der Waals surface area (Å²) in [4.78, 5) is 14.6. The predicted octanol–water partition coefficient (Wildman–Crippen LogP) is 4.40. The Labute approximate surface area is 159 Å². The van der Waals surface area contributed by atoms with Gasteiger partial charge in [-0.15, -0.1) is 11.3 Å². The Morgan fingerprint density at radius 2 is 1.93 bits per heavy atom. The molecule has 0 fully saturated rings. The lowest BCUT2D eigenvalue weighted by Gasteiger charge is -2.10. The molecule has 0 unspecified atom stereocenters. The lowest BCUT2D eigenvalue weighted by Crippen LogP contribution is -2.04. The van der Waals surface area contributed by atoms with Crippen LogP contribution >= 0.6 is 11.3 Å². The van der Waals surface area contributed by atoms with Crippen LogP contribution in [0.25, 0.3) is 21.6 Å². The Kier molecular flexibility index (Phi) is 3.86. The van der Waals surface area contributed by atoms with Crippen LogP contribution in [0.5, 0.6) is 11.5 Å². The van der Waals surface area contributed by atoms with Gasteiger partial charge in [-0.25, -0.2) is 9.97 Å². The monoisotopic (exact) mass is 376 g/mol. The number of pyridine rings is 1. The van der Waals surface area contributed by atoms with E-state index in [1.165, 1.54) is 5.56 Å². The van der Waals surface area contributed by atoms with Crippen molar-refractivity contribution in [2.45, 2.75) is 13.5 Å². The van der Waals surface area contributed by atoms with Crippen LogP contribution in [0.1, 0.15) is 11.1 Å². The maximum absolute atomic E-state index is 5.47. The zero-order valence-electron chi connectivity index (χ0n) is 14.6. The van der Waals surface area contributed by atoms with Crippen LogP contribution in [0, 0.1) is 6.92 Å². The SMILES string of the molecule is Cc1csc2nc(-c3ccncc3)nc(NCc3ccc4c(c3)OCO4)c12. The number of benzene rings is 1. The van der Waals surface area contributed by atoms with E-state index in [-0.39, 0.29) is 6.79 Å². The third-order valence-electron chi connectivity index (χ3n) is 4.45. The van der Waals surface area contributed by atoms with E-state index in [2.05, 4.69) is 22.6 Å². The summed E-state index contributed by atoms with van der Waals surface area (Å²) in [5.41, 5.74) is 3.22.